The molecule has 0 saturated carbocycles. The number of hydrogen-bond acceptors (Lipinski definition) is 7. The van der Waals surface area contributed by atoms with Crippen molar-refractivity contribution in [1.82, 2.24) is 23.6 Å². The zero-order valence-electron chi connectivity index (χ0n) is 24.3. The fraction of sp³-hybridized carbons (Fsp3) is 0.281. The zero-order valence-corrected chi connectivity index (χ0v) is 24.3. The van der Waals surface area contributed by atoms with E-state index in [0.717, 1.165) is 15.3 Å². The topological polar surface area (TPSA) is 106 Å². The average molecular weight is 596 g/mol. The van der Waals surface area contributed by atoms with Crippen molar-refractivity contribution in [1.29, 1.82) is 0 Å². The average Bonchev–Trinajstić information content (AvgIpc) is 3.56. The maximum absolute atomic E-state index is 14.8. The molecule has 4 heterocycles. The van der Waals surface area contributed by atoms with Gasteiger partial charge in [-0.25, -0.2) is 14.1 Å². The number of aryl methyl sites for hydroxylation is 1. The van der Waals surface area contributed by atoms with Gasteiger partial charge in [-0.15, -0.1) is 0 Å². The second-order valence-corrected chi connectivity index (χ2v) is 11.3. The number of fused-ring (bicyclic) bond motifs is 2. The molecule has 0 bridgehead atoms. The van der Waals surface area contributed by atoms with Crippen molar-refractivity contribution in [3.63, 3.8) is 0 Å². The fourth-order valence-electron chi connectivity index (χ4n) is 6.41. The van der Waals surface area contributed by atoms with Crippen molar-refractivity contribution in [2.45, 2.75) is 19.0 Å². The van der Waals surface area contributed by atoms with Gasteiger partial charge in [0.05, 0.1) is 24.7 Å². The van der Waals surface area contributed by atoms with E-state index in [0.29, 0.717) is 43.4 Å². The molecule has 2 saturated heterocycles. The van der Waals surface area contributed by atoms with Crippen LogP contribution in [0.5, 0.6) is 0 Å². The standard InChI is InChI=1S/C32H30FN7O4/c1-35-28-27(30(43)36(2)32(35)44)39(19-21-9-4-6-12-23(21)33)31(34-28)38-16-14-37(15-17-38)25-18-26(41)40(29(25)42)24-13-7-10-20-8-3-5-11-22(20)24/h3-13,25H,14-19H2,1-2H3. The van der Waals surface area contributed by atoms with Crippen LogP contribution in [0.4, 0.5) is 16.0 Å². The van der Waals surface area contributed by atoms with Crippen LogP contribution in [0.3, 0.4) is 0 Å². The normalized spacial score (nSPS) is 17.8. The van der Waals surface area contributed by atoms with Crippen LogP contribution in [-0.4, -0.2) is 67.6 Å². The number of carbonyl (C=O) groups excluding carboxylic acids is 2. The molecule has 1 atom stereocenters. The molecule has 0 N–H and O–H groups in total. The molecule has 5 aromatic rings. The van der Waals surface area contributed by atoms with E-state index in [1.54, 1.807) is 35.9 Å². The number of hydrogen-bond donors (Lipinski definition) is 0. The van der Waals surface area contributed by atoms with Gasteiger partial charge in [0.15, 0.2) is 11.2 Å². The van der Waals surface area contributed by atoms with Gasteiger partial charge >= 0.3 is 5.69 Å². The van der Waals surface area contributed by atoms with Crippen molar-refractivity contribution >= 4 is 45.4 Å². The molecule has 2 fully saturated rings. The summed E-state index contributed by atoms with van der Waals surface area (Å²) in [4.78, 5) is 62.9. The van der Waals surface area contributed by atoms with Crippen LogP contribution in [0.2, 0.25) is 0 Å². The maximum atomic E-state index is 14.8. The smallest absolute Gasteiger partial charge is 0.332 e. The second kappa shape index (κ2) is 10.6. The Bertz CT molecular complexity index is 2090. The highest BCUT2D eigenvalue weighted by molar-refractivity contribution is 6.25. The molecule has 1 unspecified atom stereocenters. The molecular weight excluding hydrogens is 565 g/mol. The Morgan fingerprint density at radius 2 is 1.55 bits per heavy atom. The molecule has 12 heteroatoms. The molecule has 7 rings (SSSR count). The van der Waals surface area contributed by atoms with Crippen LogP contribution in [0.15, 0.2) is 76.3 Å². The quantitative estimate of drug-likeness (QED) is 0.287. The second-order valence-electron chi connectivity index (χ2n) is 11.3. The van der Waals surface area contributed by atoms with Crippen LogP contribution in [-0.2, 0) is 30.2 Å². The summed E-state index contributed by atoms with van der Waals surface area (Å²) in [7, 11) is 2.96. The van der Waals surface area contributed by atoms with E-state index in [2.05, 4.69) is 0 Å². The Morgan fingerprint density at radius 3 is 2.32 bits per heavy atom. The van der Waals surface area contributed by atoms with Crippen molar-refractivity contribution in [2.75, 3.05) is 36.0 Å². The summed E-state index contributed by atoms with van der Waals surface area (Å²) in [6.45, 7) is 1.86. The van der Waals surface area contributed by atoms with E-state index in [-0.39, 0.29) is 35.9 Å². The molecule has 2 aliphatic heterocycles. The van der Waals surface area contributed by atoms with Crippen molar-refractivity contribution in [3.8, 4) is 0 Å². The lowest BCUT2D eigenvalue weighted by molar-refractivity contribution is -0.123. The molecule has 44 heavy (non-hydrogen) atoms. The summed E-state index contributed by atoms with van der Waals surface area (Å²) in [5.74, 6) is -0.452. The lowest BCUT2D eigenvalue weighted by Gasteiger charge is -2.37. The first-order valence-corrected chi connectivity index (χ1v) is 14.5. The summed E-state index contributed by atoms with van der Waals surface area (Å²) in [5.41, 5.74) is 0.376. The summed E-state index contributed by atoms with van der Waals surface area (Å²) < 4.78 is 18.8. The third kappa shape index (κ3) is 4.32. The first-order valence-electron chi connectivity index (χ1n) is 14.5. The molecule has 2 aliphatic rings. The number of piperazine rings is 1. The first kappa shape index (κ1) is 27.7. The van der Waals surface area contributed by atoms with Gasteiger partial charge in [0.1, 0.15) is 5.82 Å². The van der Waals surface area contributed by atoms with E-state index >= 15 is 0 Å². The SMILES string of the molecule is Cn1c(=O)c2c(nc(N3CCN(C4CC(=O)N(c5cccc6ccccc56)C4=O)CC3)n2Cc2ccccc2F)n(C)c1=O. The van der Waals surface area contributed by atoms with E-state index in [9.17, 15) is 23.6 Å². The predicted molar refractivity (Wildman–Crippen MR) is 164 cm³/mol. The number of rotatable bonds is 5. The van der Waals surface area contributed by atoms with E-state index in [1.807, 2.05) is 46.2 Å². The number of halogens is 1. The van der Waals surface area contributed by atoms with Gasteiger partial charge in [-0.05, 0) is 17.5 Å². The number of imidazole rings is 1. The number of nitrogens with zero attached hydrogens (tertiary/aromatic N) is 7. The van der Waals surface area contributed by atoms with Gasteiger partial charge in [-0.3, -0.25) is 33.0 Å². The largest absolute Gasteiger partial charge is 0.340 e. The summed E-state index contributed by atoms with van der Waals surface area (Å²) in [6, 6.07) is 19.0. The highest BCUT2D eigenvalue weighted by atomic mass is 19.1. The number of amides is 2. The Balaban J connectivity index is 1.18. The van der Waals surface area contributed by atoms with Crippen molar-refractivity contribution < 1.29 is 14.0 Å². The molecule has 2 amide bonds. The van der Waals surface area contributed by atoms with Crippen LogP contribution >= 0.6 is 0 Å². The lowest BCUT2D eigenvalue weighted by atomic mass is 10.1. The third-order valence-corrected chi connectivity index (χ3v) is 8.78. The maximum Gasteiger partial charge on any atom is 0.332 e. The molecule has 0 radical (unpaired) electrons. The molecule has 3 aromatic carbocycles. The Morgan fingerprint density at radius 1 is 0.841 bits per heavy atom. The zero-order chi connectivity index (χ0) is 30.7. The van der Waals surface area contributed by atoms with E-state index < -0.39 is 23.1 Å². The number of imide groups is 1. The van der Waals surface area contributed by atoms with E-state index in [1.165, 1.54) is 22.6 Å². The van der Waals surface area contributed by atoms with Crippen LogP contribution in [0.1, 0.15) is 12.0 Å². The van der Waals surface area contributed by atoms with Crippen LogP contribution in [0, 0.1) is 5.82 Å². The van der Waals surface area contributed by atoms with Gasteiger partial charge in [0.25, 0.3) is 11.5 Å². The Hall–Kier alpha value is -5.10. The predicted octanol–water partition coefficient (Wildman–Crippen LogP) is 2.23. The lowest BCUT2D eigenvalue weighted by Crippen LogP contribution is -2.53. The first-order chi connectivity index (χ1) is 21.2. The third-order valence-electron chi connectivity index (χ3n) is 8.78. The Kier molecular flexibility index (Phi) is 6.65. The molecule has 0 aliphatic carbocycles. The van der Waals surface area contributed by atoms with Crippen LogP contribution < -0.4 is 21.0 Å². The van der Waals surface area contributed by atoms with Gasteiger partial charge in [-0.1, -0.05) is 54.6 Å². The van der Waals surface area contributed by atoms with Crippen molar-refractivity contribution in [3.05, 3.63) is 98.9 Å². The molecule has 2 aromatic heterocycles. The molecular formula is C32H30FN7O4. The summed E-state index contributed by atoms with van der Waals surface area (Å²) >= 11 is 0. The van der Waals surface area contributed by atoms with Crippen LogP contribution in [0.25, 0.3) is 21.9 Å². The highest BCUT2D eigenvalue weighted by Gasteiger charge is 2.44. The van der Waals surface area contributed by atoms with Gasteiger partial charge in [0, 0.05) is 51.2 Å². The minimum absolute atomic E-state index is 0.0434. The van der Waals surface area contributed by atoms with Gasteiger partial charge in [-0.2, -0.15) is 4.98 Å². The van der Waals surface area contributed by atoms with Gasteiger partial charge < -0.3 is 4.90 Å². The molecule has 0 spiro atoms. The fourth-order valence-corrected chi connectivity index (χ4v) is 6.41. The highest BCUT2D eigenvalue weighted by Crippen LogP contribution is 2.33. The van der Waals surface area contributed by atoms with Gasteiger partial charge in [0.2, 0.25) is 11.9 Å². The monoisotopic (exact) mass is 595 g/mol. The van der Waals surface area contributed by atoms with Crippen molar-refractivity contribution in [2.24, 2.45) is 14.1 Å². The minimum Gasteiger partial charge on any atom is -0.340 e. The molecule has 11 nitrogen and oxygen atoms in total. The minimum atomic E-state index is -0.589. The summed E-state index contributed by atoms with van der Waals surface area (Å²) in [6.07, 6.45) is 0.0893. The van der Waals surface area contributed by atoms with E-state index in [4.69, 9.17) is 4.98 Å². The number of aromatic nitrogens is 4. The number of anilines is 2. The summed E-state index contributed by atoms with van der Waals surface area (Å²) in [5, 5.41) is 1.80. The Labute approximate surface area is 251 Å². The number of benzene rings is 3. The molecule has 224 valence electrons. The number of carbonyl (C=O) groups is 2.